The first kappa shape index (κ1) is 11.7. The highest BCUT2D eigenvalue weighted by Gasteiger charge is 2.09. The van der Waals surface area contributed by atoms with Gasteiger partial charge in [0.2, 0.25) is 5.13 Å². The molecule has 5 nitrogen and oxygen atoms in total. The van der Waals surface area contributed by atoms with Crippen LogP contribution in [0.2, 0.25) is 0 Å². The molecule has 0 aliphatic carbocycles. The minimum atomic E-state index is -0.185. The van der Waals surface area contributed by atoms with E-state index in [-0.39, 0.29) is 5.91 Å². The fourth-order valence-corrected chi connectivity index (χ4v) is 2.33. The van der Waals surface area contributed by atoms with Crippen LogP contribution in [-0.2, 0) is 0 Å². The van der Waals surface area contributed by atoms with Crippen LogP contribution in [-0.4, -0.2) is 21.1 Å². The number of anilines is 1. The molecular weight excluding hydrogens is 260 g/mol. The van der Waals surface area contributed by atoms with E-state index < -0.39 is 0 Å². The molecule has 0 aliphatic heterocycles. The molecule has 0 spiro atoms. The quantitative estimate of drug-likeness (QED) is 0.777. The first-order valence-corrected chi connectivity index (χ1v) is 6.49. The van der Waals surface area contributed by atoms with Gasteiger partial charge in [-0.25, -0.2) is 0 Å². The highest BCUT2D eigenvalue weighted by Crippen LogP contribution is 2.18. The Labute approximate surface area is 113 Å². The van der Waals surface area contributed by atoms with Gasteiger partial charge in [0.1, 0.15) is 5.01 Å². The Morgan fingerprint density at radius 3 is 2.89 bits per heavy atom. The van der Waals surface area contributed by atoms with Crippen molar-refractivity contribution < 1.29 is 4.79 Å². The van der Waals surface area contributed by atoms with Crippen LogP contribution in [0.3, 0.4) is 0 Å². The summed E-state index contributed by atoms with van der Waals surface area (Å²) in [7, 11) is 0. The number of aromatic nitrogens is 3. The zero-order chi connectivity index (χ0) is 13.2. The minimum absolute atomic E-state index is 0.185. The van der Waals surface area contributed by atoms with Crippen LogP contribution in [0.4, 0.5) is 5.13 Å². The van der Waals surface area contributed by atoms with Crippen LogP contribution in [0.25, 0.3) is 10.8 Å². The Kier molecular flexibility index (Phi) is 2.92. The van der Waals surface area contributed by atoms with Crippen molar-refractivity contribution in [2.24, 2.45) is 0 Å². The van der Waals surface area contributed by atoms with Crippen molar-refractivity contribution in [3.63, 3.8) is 0 Å². The third kappa shape index (κ3) is 2.43. The molecule has 0 unspecified atom stereocenters. The summed E-state index contributed by atoms with van der Waals surface area (Å²) < 4.78 is 0. The van der Waals surface area contributed by atoms with Crippen molar-refractivity contribution in [1.29, 1.82) is 0 Å². The molecule has 1 N–H and O–H groups in total. The molecule has 0 fully saturated rings. The van der Waals surface area contributed by atoms with Gasteiger partial charge in [-0.3, -0.25) is 15.1 Å². The summed E-state index contributed by atoms with van der Waals surface area (Å²) in [5.41, 5.74) is 0.589. The van der Waals surface area contributed by atoms with Crippen LogP contribution in [0.1, 0.15) is 15.4 Å². The number of hydrogen-bond acceptors (Lipinski definition) is 5. The molecule has 3 aromatic rings. The van der Waals surface area contributed by atoms with Crippen LogP contribution >= 0.6 is 11.3 Å². The Morgan fingerprint density at radius 1 is 1.21 bits per heavy atom. The van der Waals surface area contributed by atoms with Gasteiger partial charge in [0.25, 0.3) is 5.91 Å². The molecule has 0 saturated carbocycles. The summed E-state index contributed by atoms with van der Waals surface area (Å²) in [6.07, 6.45) is 3.48. The van der Waals surface area contributed by atoms with Gasteiger partial charge in [-0.15, -0.1) is 10.2 Å². The summed E-state index contributed by atoms with van der Waals surface area (Å²) in [5, 5.41) is 13.8. The average Bonchev–Trinajstić information content (AvgIpc) is 2.83. The third-order valence-electron chi connectivity index (χ3n) is 2.65. The van der Waals surface area contributed by atoms with E-state index in [1.54, 1.807) is 18.5 Å². The van der Waals surface area contributed by atoms with Crippen LogP contribution in [0, 0.1) is 6.92 Å². The second-order valence-electron chi connectivity index (χ2n) is 4.02. The molecular formula is C13H10N4OS. The fourth-order valence-electron chi connectivity index (χ4n) is 1.74. The van der Waals surface area contributed by atoms with Crippen molar-refractivity contribution in [2.45, 2.75) is 6.92 Å². The number of nitrogens with zero attached hydrogens (tertiary/aromatic N) is 3. The second kappa shape index (κ2) is 4.74. The Morgan fingerprint density at radius 2 is 2.11 bits per heavy atom. The van der Waals surface area contributed by atoms with Crippen molar-refractivity contribution in [3.05, 3.63) is 47.2 Å². The van der Waals surface area contributed by atoms with Gasteiger partial charge in [0.05, 0.1) is 0 Å². The van der Waals surface area contributed by atoms with Crippen LogP contribution < -0.4 is 5.32 Å². The van der Waals surface area contributed by atoms with Gasteiger partial charge >= 0.3 is 0 Å². The molecule has 0 atom stereocenters. The number of nitrogens with one attached hydrogen (secondary N) is 1. The van der Waals surface area contributed by atoms with Crippen molar-refractivity contribution in [2.75, 3.05) is 5.32 Å². The number of pyridine rings is 1. The van der Waals surface area contributed by atoms with E-state index in [1.165, 1.54) is 11.3 Å². The number of aryl methyl sites for hydroxylation is 1. The van der Waals surface area contributed by atoms with Crippen molar-refractivity contribution in [1.82, 2.24) is 15.2 Å². The van der Waals surface area contributed by atoms with Crippen LogP contribution in [0.15, 0.2) is 36.7 Å². The van der Waals surface area contributed by atoms with Gasteiger partial charge in [0.15, 0.2) is 0 Å². The highest BCUT2D eigenvalue weighted by atomic mass is 32.1. The maximum atomic E-state index is 12.1. The van der Waals surface area contributed by atoms with E-state index in [1.807, 2.05) is 25.1 Å². The Hall–Kier alpha value is -2.34. The predicted octanol–water partition coefficient (Wildman–Crippen LogP) is 2.65. The smallest absolute Gasteiger partial charge is 0.257 e. The summed E-state index contributed by atoms with van der Waals surface area (Å²) in [5.74, 6) is -0.185. The normalized spacial score (nSPS) is 10.6. The van der Waals surface area contributed by atoms with Gasteiger partial charge in [-0.05, 0) is 30.5 Å². The number of carbonyl (C=O) groups excluding carboxylic acids is 1. The SMILES string of the molecule is Cc1nnc(NC(=O)c2ccc3cnccc3c2)s1. The van der Waals surface area contributed by atoms with E-state index in [2.05, 4.69) is 20.5 Å². The molecule has 0 bridgehead atoms. The summed E-state index contributed by atoms with van der Waals surface area (Å²) >= 11 is 1.35. The molecule has 19 heavy (non-hydrogen) atoms. The average molecular weight is 270 g/mol. The molecule has 0 saturated heterocycles. The van der Waals surface area contributed by atoms with Gasteiger partial charge < -0.3 is 0 Å². The van der Waals surface area contributed by atoms with E-state index in [4.69, 9.17) is 0 Å². The lowest BCUT2D eigenvalue weighted by Crippen LogP contribution is -2.11. The zero-order valence-corrected chi connectivity index (χ0v) is 10.9. The van der Waals surface area contributed by atoms with E-state index >= 15 is 0 Å². The monoisotopic (exact) mass is 270 g/mol. The predicted molar refractivity (Wildman–Crippen MR) is 74.3 cm³/mol. The van der Waals surface area contributed by atoms with E-state index in [9.17, 15) is 4.79 Å². The molecule has 1 aromatic carbocycles. The molecule has 0 radical (unpaired) electrons. The molecule has 6 heteroatoms. The third-order valence-corrected chi connectivity index (χ3v) is 3.40. The standard InChI is InChI=1S/C13H10N4OS/c1-8-16-17-13(19-8)15-12(18)10-2-3-11-7-14-5-4-9(11)6-10/h2-7H,1H3,(H,15,17,18). The summed E-state index contributed by atoms with van der Waals surface area (Å²) in [6, 6.07) is 7.36. The molecule has 94 valence electrons. The first-order chi connectivity index (χ1) is 9.22. The highest BCUT2D eigenvalue weighted by molar-refractivity contribution is 7.15. The van der Waals surface area contributed by atoms with E-state index in [0.29, 0.717) is 10.7 Å². The minimum Gasteiger partial charge on any atom is -0.296 e. The summed E-state index contributed by atoms with van der Waals surface area (Å²) in [4.78, 5) is 16.1. The molecule has 2 heterocycles. The van der Waals surface area contributed by atoms with Gasteiger partial charge in [-0.1, -0.05) is 17.4 Å². The van der Waals surface area contributed by atoms with Crippen LogP contribution in [0.5, 0.6) is 0 Å². The lowest BCUT2D eigenvalue weighted by atomic mass is 10.1. The lowest BCUT2D eigenvalue weighted by Gasteiger charge is -2.03. The summed E-state index contributed by atoms with van der Waals surface area (Å²) in [6.45, 7) is 1.84. The van der Waals surface area contributed by atoms with Gasteiger partial charge in [0, 0.05) is 23.3 Å². The molecule has 0 aliphatic rings. The Bertz CT molecular complexity index is 753. The Balaban J connectivity index is 1.89. The lowest BCUT2D eigenvalue weighted by molar-refractivity contribution is 0.102. The van der Waals surface area contributed by atoms with Gasteiger partial charge in [-0.2, -0.15) is 0 Å². The van der Waals surface area contributed by atoms with Crippen molar-refractivity contribution in [3.8, 4) is 0 Å². The fraction of sp³-hybridized carbons (Fsp3) is 0.0769. The number of fused-ring (bicyclic) bond motifs is 1. The number of hydrogen-bond donors (Lipinski definition) is 1. The number of benzene rings is 1. The van der Waals surface area contributed by atoms with Crippen molar-refractivity contribution >= 4 is 33.1 Å². The second-order valence-corrected chi connectivity index (χ2v) is 5.20. The zero-order valence-electron chi connectivity index (χ0n) is 10.1. The molecule has 3 rings (SSSR count). The number of rotatable bonds is 2. The largest absolute Gasteiger partial charge is 0.296 e. The maximum Gasteiger partial charge on any atom is 0.257 e. The first-order valence-electron chi connectivity index (χ1n) is 5.67. The maximum absolute atomic E-state index is 12.1. The topological polar surface area (TPSA) is 67.8 Å². The molecule has 1 amide bonds. The number of carbonyl (C=O) groups is 1. The molecule has 2 aromatic heterocycles. The van der Waals surface area contributed by atoms with E-state index in [0.717, 1.165) is 15.8 Å². The number of amides is 1.